The van der Waals surface area contributed by atoms with Crippen LogP contribution in [0.4, 0.5) is 0 Å². The van der Waals surface area contributed by atoms with E-state index in [9.17, 15) is 0 Å². The summed E-state index contributed by atoms with van der Waals surface area (Å²) in [5.41, 5.74) is 0. The third kappa shape index (κ3) is 5.46. The zero-order valence-corrected chi connectivity index (χ0v) is 7.13. The van der Waals surface area contributed by atoms with E-state index in [2.05, 4.69) is 20.4 Å². The van der Waals surface area contributed by atoms with Gasteiger partial charge in [0.05, 0.1) is 0 Å². The standard InChI is InChI=1S/C6H12N4O2/c1-11-4-9-6(8-3-7)10-5-12-2/h4-5H2,1-2H3,(H2,8,9,10). The van der Waals surface area contributed by atoms with Crippen LogP contribution >= 0.6 is 0 Å². The van der Waals surface area contributed by atoms with E-state index < -0.39 is 0 Å². The minimum absolute atomic E-state index is 0.195. The lowest BCUT2D eigenvalue weighted by Crippen LogP contribution is -2.35. The van der Waals surface area contributed by atoms with Crippen LogP contribution in [0, 0.1) is 11.5 Å². The van der Waals surface area contributed by atoms with Crippen LogP contribution in [0.2, 0.25) is 0 Å². The third-order valence-corrected chi connectivity index (χ3v) is 0.910. The molecule has 0 rings (SSSR count). The summed E-state index contributed by atoms with van der Waals surface area (Å²) in [5, 5.41) is 13.3. The van der Waals surface area contributed by atoms with Gasteiger partial charge in [0.15, 0.2) is 6.19 Å². The van der Waals surface area contributed by atoms with E-state index in [1.165, 1.54) is 14.2 Å². The molecule has 0 aromatic carbocycles. The number of guanidine groups is 1. The molecule has 0 unspecified atom stereocenters. The van der Waals surface area contributed by atoms with Crippen LogP contribution in [0.5, 0.6) is 0 Å². The van der Waals surface area contributed by atoms with Crippen molar-refractivity contribution in [2.45, 2.75) is 0 Å². The van der Waals surface area contributed by atoms with E-state index in [4.69, 9.17) is 10.00 Å². The maximum atomic E-state index is 8.27. The van der Waals surface area contributed by atoms with Crippen molar-refractivity contribution in [2.24, 2.45) is 4.99 Å². The zero-order valence-electron chi connectivity index (χ0n) is 7.13. The average Bonchev–Trinajstić information content (AvgIpc) is 2.10. The van der Waals surface area contributed by atoms with Crippen molar-refractivity contribution in [3.8, 4) is 6.19 Å². The van der Waals surface area contributed by atoms with Crippen molar-refractivity contribution < 1.29 is 9.47 Å². The molecule has 0 radical (unpaired) electrons. The highest BCUT2D eigenvalue weighted by Gasteiger charge is 1.93. The van der Waals surface area contributed by atoms with E-state index in [0.717, 1.165) is 0 Å². The maximum absolute atomic E-state index is 8.27. The van der Waals surface area contributed by atoms with E-state index in [-0.39, 0.29) is 13.5 Å². The van der Waals surface area contributed by atoms with Gasteiger partial charge in [-0.25, -0.2) is 4.99 Å². The van der Waals surface area contributed by atoms with E-state index in [1.54, 1.807) is 6.19 Å². The molecular weight excluding hydrogens is 160 g/mol. The number of nitrogens with zero attached hydrogens (tertiary/aromatic N) is 2. The van der Waals surface area contributed by atoms with Gasteiger partial charge in [-0.15, -0.1) is 0 Å². The molecule has 68 valence electrons. The third-order valence-electron chi connectivity index (χ3n) is 0.910. The highest BCUT2D eigenvalue weighted by atomic mass is 16.5. The molecule has 0 saturated carbocycles. The van der Waals surface area contributed by atoms with Gasteiger partial charge >= 0.3 is 0 Å². The average molecular weight is 172 g/mol. The molecular formula is C6H12N4O2. The molecule has 0 fully saturated rings. The lowest BCUT2D eigenvalue weighted by Gasteiger charge is -2.05. The maximum Gasteiger partial charge on any atom is 0.208 e. The van der Waals surface area contributed by atoms with Crippen LogP contribution in [0.15, 0.2) is 4.99 Å². The topological polar surface area (TPSA) is 78.7 Å². The largest absolute Gasteiger partial charge is 0.364 e. The van der Waals surface area contributed by atoms with Crippen LogP contribution in [-0.2, 0) is 9.47 Å². The Morgan fingerprint density at radius 1 is 1.50 bits per heavy atom. The number of hydrogen-bond acceptors (Lipinski definition) is 4. The summed E-state index contributed by atoms with van der Waals surface area (Å²) in [4.78, 5) is 3.84. The molecule has 0 heterocycles. The normalized spacial score (nSPS) is 10.6. The first-order valence-corrected chi connectivity index (χ1v) is 3.26. The van der Waals surface area contributed by atoms with Gasteiger partial charge < -0.3 is 14.8 Å². The summed E-state index contributed by atoms with van der Waals surface area (Å²) in [7, 11) is 3.05. The van der Waals surface area contributed by atoms with Crippen LogP contribution in [0.25, 0.3) is 0 Å². The number of nitriles is 1. The molecule has 6 heteroatoms. The second kappa shape index (κ2) is 7.78. The van der Waals surface area contributed by atoms with Crippen LogP contribution < -0.4 is 10.6 Å². The summed E-state index contributed by atoms with van der Waals surface area (Å²) in [6, 6.07) is 0. The first-order chi connectivity index (χ1) is 5.85. The summed E-state index contributed by atoms with van der Waals surface area (Å²) < 4.78 is 9.40. The fraction of sp³-hybridized carbons (Fsp3) is 0.667. The Hall–Kier alpha value is -1.32. The number of aliphatic imine (C=N–C) groups is 1. The van der Waals surface area contributed by atoms with Gasteiger partial charge in [0.1, 0.15) is 13.5 Å². The minimum atomic E-state index is 0.195. The SMILES string of the molecule is COC/N=C(\NC#N)NCOC. The highest BCUT2D eigenvalue weighted by molar-refractivity contribution is 5.80. The Kier molecular flexibility index (Phi) is 6.93. The van der Waals surface area contributed by atoms with E-state index >= 15 is 0 Å². The van der Waals surface area contributed by atoms with Crippen molar-refractivity contribution >= 4 is 5.96 Å². The second-order valence-electron chi connectivity index (χ2n) is 1.77. The number of methoxy groups -OCH3 is 2. The molecule has 0 aromatic heterocycles. The number of hydrogen-bond donors (Lipinski definition) is 2. The Labute approximate surface area is 71.2 Å². The Bertz CT molecular complexity index is 175. The lowest BCUT2D eigenvalue weighted by molar-refractivity contribution is 0.189. The molecule has 12 heavy (non-hydrogen) atoms. The van der Waals surface area contributed by atoms with Gasteiger partial charge in [-0.2, -0.15) is 5.26 Å². The molecule has 0 aliphatic rings. The predicted octanol–water partition coefficient (Wildman–Crippen LogP) is -0.790. The summed E-state index contributed by atoms with van der Waals surface area (Å²) in [6.07, 6.45) is 1.73. The van der Waals surface area contributed by atoms with Gasteiger partial charge in [0, 0.05) is 14.2 Å². The number of nitrogens with one attached hydrogen (secondary N) is 2. The smallest absolute Gasteiger partial charge is 0.208 e. The molecule has 0 aliphatic carbocycles. The lowest BCUT2D eigenvalue weighted by atomic mass is 10.8. The molecule has 0 amide bonds. The minimum Gasteiger partial charge on any atom is -0.364 e. The van der Waals surface area contributed by atoms with Gasteiger partial charge in [0.25, 0.3) is 0 Å². The molecule has 2 N–H and O–H groups in total. The number of rotatable bonds is 4. The quantitative estimate of drug-likeness (QED) is 0.191. The summed E-state index contributed by atoms with van der Waals surface area (Å²) >= 11 is 0. The van der Waals surface area contributed by atoms with Crippen molar-refractivity contribution in [3.05, 3.63) is 0 Å². The van der Waals surface area contributed by atoms with Gasteiger partial charge in [-0.1, -0.05) is 0 Å². The van der Waals surface area contributed by atoms with Crippen LogP contribution in [-0.4, -0.2) is 33.6 Å². The molecule has 0 bridgehead atoms. The first kappa shape index (κ1) is 10.7. The van der Waals surface area contributed by atoms with E-state index in [1.807, 2.05) is 0 Å². The molecule has 0 aromatic rings. The Morgan fingerprint density at radius 3 is 2.75 bits per heavy atom. The Balaban J connectivity index is 3.78. The van der Waals surface area contributed by atoms with Crippen LogP contribution in [0.3, 0.4) is 0 Å². The van der Waals surface area contributed by atoms with Crippen molar-refractivity contribution in [2.75, 3.05) is 27.7 Å². The molecule has 0 spiro atoms. The van der Waals surface area contributed by atoms with Crippen molar-refractivity contribution in [1.29, 1.82) is 5.26 Å². The highest BCUT2D eigenvalue weighted by Crippen LogP contribution is 1.72. The first-order valence-electron chi connectivity index (χ1n) is 3.26. The molecule has 0 atom stereocenters. The molecule has 0 saturated heterocycles. The second-order valence-corrected chi connectivity index (χ2v) is 1.77. The number of ether oxygens (including phenoxy) is 2. The Morgan fingerprint density at radius 2 is 2.25 bits per heavy atom. The zero-order chi connectivity index (χ0) is 9.23. The summed E-state index contributed by atoms with van der Waals surface area (Å²) in [5.74, 6) is 0.334. The fourth-order valence-electron chi connectivity index (χ4n) is 0.462. The molecule has 0 aliphatic heterocycles. The fourth-order valence-corrected chi connectivity index (χ4v) is 0.462. The van der Waals surface area contributed by atoms with Gasteiger partial charge in [-0.05, 0) is 0 Å². The van der Waals surface area contributed by atoms with Crippen LogP contribution in [0.1, 0.15) is 0 Å². The predicted molar refractivity (Wildman–Crippen MR) is 43.1 cm³/mol. The molecule has 6 nitrogen and oxygen atoms in total. The summed E-state index contributed by atoms with van der Waals surface area (Å²) in [6.45, 7) is 0.484. The monoisotopic (exact) mass is 172 g/mol. The van der Waals surface area contributed by atoms with Gasteiger partial charge in [-0.3, -0.25) is 5.32 Å². The van der Waals surface area contributed by atoms with Crippen molar-refractivity contribution in [3.63, 3.8) is 0 Å². The van der Waals surface area contributed by atoms with Crippen molar-refractivity contribution in [1.82, 2.24) is 10.6 Å². The van der Waals surface area contributed by atoms with E-state index in [0.29, 0.717) is 5.96 Å². The van der Waals surface area contributed by atoms with Gasteiger partial charge in [0.2, 0.25) is 5.96 Å².